The molecule has 0 bridgehead atoms. The number of carbonyl (C=O) groups is 1. The second-order valence-electron chi connectivity index (χ2n) is 10.1. The van der Waals surface area contributed by atoms with Crippen molar-refractivity contribution in [3.63, 3.8) is 0 Å². The minimum absolute atomic E-state index is 0.0312. The Bertz CT molecular complexity index is 1800. The van der Waals surface area contributed by atoms with Gasteiger partial charge >= 0.3 is 0 Å². The molecule has 1 aliphatic carbocycles. The number of pyridine rings is 1. The van der Waals surface area contributed by atoms with Crippen molar-refractivity contribution in [3.05, 3.63) is 113 Å². The van der Waals surface area contributed by atoms with E-state index < -0.39 is 32.0 Å². The van der Waals surface area contributed by atoms with Gasteiger partial charge in [0, 0.05) is 19.3 Å². The molecule has 1 unspecified atom stereocenters. The highest BCUT2D eigenvalue weighted by atomic mass is 32.2. The molecule has 4 aromatic rings. The van der Waals surface area contributed by atoms with Crippen LogP contribution in [-0.2, 0) is 16.4 Å². The maximum Gasteiger partial charge on any atom is 0.243 e. The normalized spacial score (nSPS) is 19.1. The number of rotatable bonds is 5. The first-order valence-electron chi connectivity index (χ1n) is 12.5. The van der Waals surface area contributed by atoms with Gasteiger partial charge in [-0.1, -0.05) is 5.57 Å². The standard InChI is InChI=1S/C29H23F3N4O3S/c1-18-8-10-33-26(12-18)28(37)29-15-19-16-34-36(22-4-2-21(30)3-5-22)27(19)13-20(29)9-11-35(17-29)40(38,39)23-6-7-24(31)25(32)14-23/h2-8,10,12-14,16H,9,11,15,17H2,1H3. The van der Waals surface area contributed by atoms with Gasteiger partial charge in [-0.2, -0.15) is 9.40 Å². The molecule has 3 heterocycles. The second kappa shape index (κ2) is 9.53. The summed E-state index contributed by atoms with van der Waals surface area (Å²) in [6.45, 7) is 1.65. The molecule has 0 N–H and O–H groups in total. The Kier molecular flexibility index (Phi) is 6.23. The van der Waals surface area contributed by atoms with Gasteiger partial charge in [-0.05, 0) is 91.6 Å². The van der Waals surface area contributed by atoms with Crippen LogP contribution in [0.1, 0.15) is 33.7 Å². The van der Waals surface area contributed by atoms with Crippen LogP contribution in [0.4, 0.5) is 13.2 Å². The first-order chi connectivity index (χ1) is 19.1. The lowest BCUT2D eigenvalue weighted by Gasteiger charge is -2.44. The molecule has 0 radical (unpaired) electrons. The highest BCUT2D eigenvalue weighted by Gasteiger charge is 2.51. The van der Waals surface area contributed by atoms with Crippen LogP contribution < -0.4 is 0 Å². The van der Waals surface area contributed by atoms with Crippen LogP contribution >= 0.6 is 0 Å². The number of halogens is 3. The summed E-state index contributed by atoms with van der Waals surface area (Å²) in [6.07, 6.45) is 5.36. The molecule has 1 saturated heterocycles. The first-order valence-corrected chi connectivity index (χ1v) is 14.0. The van der Waals surface area contributed by atoms with Crippen LogP contribution in [0.2, 0.25) is 0 Å². The second-order valence-corrected chi connectivity index (χ2v) is 12.0. The molecule has 7 nitrogen and oxygen atoms in total. The Morgan fingerprint density at radius 3 is 2.50 bits per heavy atom. The highest BCUT2D eigenvalue weighted by Crippen LogP contribution is 2.47. The zero-order valence-corrected chi connectivity index (χ0v) is 22.1. The van der Waals surface area contributed by atoms with Crippen molar-refractivity contribution in [3.8, 4) is 5.69 Å². The van der Waals surface area contributed by atoms with Gasteiger partial charge in [-0.3, -0.25) is 9.78 Å². The molecule has 11 heteroatoms. The Hall–Kier alpha value is -4.09. The number of sulfonamides is 1. The van der Waals surface area contributed by atoms with E-state index in [1.807, 2.05) is 13.0 Å². The summed E-state index contributed by atoms with van der Waals surface area (Å²) in [6, 6.07) is 11.7. The number of aromatic nitrogens is 3. The fraction of sp³-hybridized carbons (Fsp3) is 0.207. The average Bonchev–Trinajstić information content (AvgIpc) is 3.35. The lowest BCUT2D eigenvalue weighted by Crippen LogP contribution is -2.53. The van der Waals surface area contributed by atoms with Crippen LogP contribution in [0.3, 0.4) is 0 Å². The first kappa shape index (κ1) is 26.1. The number of fused-ring (bicyclic) bond motifs is 2. The zero-order chi connectivity index (χ0) is 28.2. The van der Waals surface area contributed by atoms with E-state index in [4.69, 9.17) is 0 Å². The Morgan fingerprint density at radius 2 is 1.77 bits per heavy atom. The van der Waals surface area contributed by atoms with Gasteiger partial charge in [0.05, 0.1) is 27.9 Å². The molecule has 2 aromatic carbocycles. The number of Topliss-reactive ketones (excluding diaryl/α,β-unsaturated/α-hetero) is 1. The zero-order valence-electron chi connectivity index (χ0n) is 21.3. The van der Waals surface area contributed by atoms with Crippen molar-refractivity contribution < 1.29 is 26.4 Å². The van der Waals surface area contributed by atoms with Gasteiger partial charge in [-0.15, -0.1) is 0 Å². The lowest BCUT2D eigenvalue weighted by atomic mass is 9.65. The maximum atomic E-state index is 14.2. The number of aryl methyl sites for hydroxylation is 1. The number of ketones is 1. The highest BCUT2D eigenvalue weighted by molar-refractivity contribution is 7.89. The molecule has 2 aromatic heterocycles. The minimum atomic E-state index is -4.26. The molecule has 0 saturated carbocycles. The van der Waals surface area contributed by atoms with E-state index in [9.17, 15) is 26.4 Å². The Balaban J connectivity index is 1.46. The number of nitrogens with zero attached hydrogens (tertiary/aromatic N) is 4. The van der Waals surface area contributed by atoms with Crippen LogP contribution in [0.25, 0.3) is 11.8 Å². The summed E-state index contributed by atoms with van der Waals surface area (Å²) in [4.78, 5) is 18.1. The SMILES string of the molecule is Cc1ccnc(C(=O)C23Cc4cnn(-c5ccc(F)cc5)c4C=C2CCN(S(=O)(=O)c2ccc(F)c(F)c2)C3)c1. The smallest absolute Gasteiger partial charge is 0.243 e. The fourth-order valence-electron chi connectivity index (χ4n) is 5.50. The van der Waals surface area contributed by atoms with Crippen LogP contribution in [-0.4, -0.2) is 46.4 Å². The molecule has 0 amide bonds. The molecular weight excluding hydrogens is 541 g/mol. The summed E-state index contributed by atoms with van der Waals surface area (Å²) in [5, 5.41) is 4.48. The largest absolute Gasteiger partial charge is 0.291 e. The van der Waals surface area contributed by atoms with Gasteiger partial charge in [0.1, 0.15) is 11.5 Å². The number of carbonyl (C=O) groups excluding carboxylic acids is 1. The monoisotopic (exact) mass is 564 g/mol. The van der Waals surface area contributed by atoms with Crippen LogP contribution in [0, 0.1) is 29.8 Å². The van der Waals surface area contributed by atoms with Gasteiger partial charge < -0.3 is 0 Å². The third-order valence-corrected chi connectivity index (χ3v) is 9.40. The predicted octanol–water partition coefficient (Wildman–Crippen LogP) is 4.90. The summed E-state index contributed by atoms with van der Waals surface area (Å²) in [7, 11) is -4.26. The van der Waals surface area contributed by atoms with Crippen molar-refractivity contribution >= 4 is 21.9 Å². The van der Waals surface area contributed by atoms with E-state index in [2.05, 4.69) is 10.1 Å². The number of piperidine rings is 1. The number of benzene rings is 2. The van der Waals surface area contributed by atoms with Crippen LogP contribution in [0.5, 0.6) is 0 Å². The van der Waals surface area contributed by atoms with Gasteiger partial charge in [-0.25, -0.2) is 26.3 Å². The molecule has 204 valence electrons. The maximum absolute atomic E-state index is 14.2. The van der Waals surface area contributed by atoms with Crippen molar-refractivity contribution in [1.82, 2.24) is 19.1 Å². The number of hydrogen-bond donors (Lipinski definition) is 0. The van der Waals surface area contributed by atoms with Crippen LogP contribution in [0.15, 0.2) is 77.5 Å². The predicted molar refractivity (Wildman–Crippen MR) is 141 cm³/mol. The Morgan fingerprint density at radius 1 is 1.00 bits per heavy atom. The molecule has 6 rings (SSSR count). The van der Waals surface area contributed by atoms with E-state index in [0.717, 1.165) is 27.7 Å². The summed E-state index contributed by atoms with van der Waals surface area (Å²) < 4.78 is 71.1. The summed E-state index contributed by atoms with van der Waals surface area (Å²) in [5.74, 6) is -3.15. The molecule has 1 fully saturated rings. The minimum Gasteiger partial charge on any atom is -0.291 e. The van der Waals surface area contributed by atoms with Gasteiger partial charge in [0.25, 0.3) is 0 Å². The van der Waals surface area contributed by atoms with E-state index in [0.29, 0.717) is 22.9 Å². The molecular formula is C29H23F3N4O3S. The van der Waals surface area contributed by atoms with E-state index in [1.165, 1.54) is 18.3 Å². The molecule has 0 spiro atoms. The molecule has 40 heavy (non-hydrogen) atoms. The van der Waals surface area contributed by atoms with Crippen molar-refractivity contribution in [1.29, 1.82) is 0 Å². The van der Waals surface area contributed by atoms with Crippen molar-refractivity contribution in [2.24, 2.45) is 5.41 Å². The number of hydrogen-bond acceptors (Lipinski definition) is 5. The fourth-order valence-corrected chi connectivity index (χ4v) is 7.01. The molecule has 1 aliphatic heterocycles. The topological polar surface area (TPSA) is 85.2 Å². The molecule has 1 atom stereocenters. The summed E-state index contributed by atoms with van der Waals surface area (Å²) in [5.41, 5.74) is 2.51. The van der Waals surface area contributed by atoms with Gasteiger partial charge in [0.2, 0.25) is 10.0 Å². The third-order valence-electron chi connectivity index (χ3n) is 7.56. The van der Waals surface area contributed by atoms with Crippen molar-refractivity contribution in [2.75, 3.05) is 13.1 Å². The van der Waals surface area contributed by atoms with Gasteiger partial charge in [0.15, 0.2) is 17.4 Å². The molecule has 2 aliphatic rings. The Labute approximate surface area is 228 Å². The summed E-state index contributed by atoms with van der Waals surface area (Å²) >= 11 is 0. The van der Waals surface area contributed by atoms with E-state index >= 15 is 0 Å². The van der Waals surface area contributed by atoms with Crippen molar-refractivity contribution in [2.45, 2.75) is 24.7 Å². The van der Waals surface area contributed by atoms with E-state index in [-0.39, 0.29) is 43.2 Å². The average molecular weight is 565 g/mol. The third kappa shape index (κ3) is 4.25. The lowest BCUT2D eigenvalue weighted by molar-refractivity contribution is 0.0770. The van der Waals surface area contributed by atoms with E-state index in [1.54, 1.807) is 35.1 Å². The quantitative estimate of drug-likeness (QED) is 0.322.